The van der Waals surface area contributed by atoms with Crippen LogP contribution in [0.3, 0.4) is 0 Å². The van der Waals surface area contributed by atoms with Gasteiger partial charge in [0.15, 0.2) is 6.04 Å². The molecule has 37 heavy (non-hydrogen) atoms. The van der Waals surface area contributed by atoms with Gasteiger partial charge in [-0.25, -0.2) is 9.78 Å². The van der Waals surface area contributed by atoms with Gasteiger partial charge in [0.1, 0.15) is 11.7 Å². The summed E-state index contributed by atoms with van der Waals surface area (Å²) in [6.45, 7) is 6.13. The number of imidazole rings is 1. The van der Waals surface area contributed by atoms with E-state index in [-0.39, 0.29) is 30.8 Å². The third-order valence-corrected chi connectivity index (χ3v) is 6.41. The van der Waals surface area contributed by atoms with Crippen LogP contribution in [-0.2, 0) is 27.4 Å². The first kappa shape index (κ1) is 27.9. The molecule has 10 nitrogen and oxygen atoms in total. The average molecular weight is 528 g/mol. The number of halogens is 1. The number of fused-ring (bicyclic) bond motifs is 1. The Morgan fingerprint density at radius 2 is 1.86 bits per heavy atom. The number of carbonyl (C=O) groups is 2. The highest BCUT2D eigenvalue weighted by Gasteiger charge is 2.33. The van der Waals surface area contributed by atoms with Crippen molar-refractivity contribution in [2.45, 2.75) is 45.8 Å². The SMILES string of the molecule is CCOC(=O)C(NCc1ccc2[nH]c(CNc3ccc(C(=N)N)cc3)nc2c1C)C(=O)N1CCCC1.Cl. The van der Waals surface area contributed by atoms with Gasteiger partial charge in [-0.1, -0.05) is 6.07 Å². The van der Waals surface area contributed by atoms with Crippen LogP contribution < -0.4 is 16.4 Å². The van der Waals surface area contributed by atoms with Gasteiger partial charge >= 0.3 is 5.97 Å². The van der Waals surface area contributed by atoms with Crippen molar-refractivity contribution < 1.29 is 14.3 Å². The Labute approximate surface area is 222 Å². The molecule has 0 bridgehead atoms. The Balaban J connectivity index is 0.00000380. The van der Waals surface area contributed by atoms with E-state index in [0.717, 1.165) is 46.5 Å². The number of amidine groups is 1. The monoisotopic (exact) mass is 527 g/mol. The summed E-state index contributed by atoms with van der Waals surface area (Å²) in [5.41, 5.74) is 10.8. The number of hydrogen-bond donors (Lipinski definition) is 5. The number of nitrogen functional groups attached to an aromatic ring is 1. The number of aryl methyl sites for hydroxylation is 1. The molecule has 11 heteroatoms. The van der Waals surface area contributed by atoms with E-state index in [9.17, 15) is 9.59 Å². The molecule has 1 aliphatic rings. The number of benzene rings is 2. The molecule has 0 saturated carbocycles. The maximum absolute atomic E-state index is 12.9. The normalized spacial score (nSPS) is 13.7. The molecule has 2 aromatic carbocycles. The summed E-state index contributed by atoms with van der Waals surface area (Å²) in [5.74, 6) is 0.0443. The van der Waals surface area contributed by atoms with E-state index in [0.29, 0.717) is 31.7 Å². The van der Waals surface area contributed by atoms with Gasteiger partial charge in [-0.05, 0) is 68.1 Å². The number of nitrogens with two attached hydrogens (primary N) is 1. The predicted molar refractivity (Wildman–Crippen MR) is 146 cm³/mol. The molecule has 0 aliphatic carbocycles. The number of H-pyrrole nitrogens is 1. The van der Waals surface area contributed by atoms with Crippen LogP contribution in [0, 0.1) is 12.3 Å². The number of carbonyl (C=O) groups excluding carboxylic acids is 2. The smallest absolute Gasteiger partial charge is 0.332 e. The van der Waals surface area contributed by atoms with Crippen LogP contribution in [0.15, 0.2) is 36.4 Å². The van der Waals surface area contributed by atoms with E-state index in [4.69, 9.17) is 20.9 Å². The standard InChI is InChI=1S/C26H33N7O3.ClH/c1-3-36-26(35)23(25(34)33-12-4-5-13-33)30-14-18-8-11-20-22(16(18)2)32-21(31-20)15-29-19-9-6-17(7-10-19)24(27)28;/h6-11,23,29-30H,3-5,12-15H2,1-2H3,(H3,27,28)(H,31,32);1H. The van der Waals surface area contributed by atoms with E-state index < -0.39 is 12.0 Å². The van der Waals surface area contributed by atoms with Crippen molar-refractivity contribution in [3.63, 3.8) is 0 Å². The van der Waals surface area contributed by atoms with Gasteiger partial charge in [0.05, 0.1) is 24.2 Å². The Hall–Kier alpha value is -3.63. The Morgan fingerprint density at radius 3 is 2.51 bits per heavy atom. The molecular weight excluding hydrogens is 494 g/mol. The molecule has 1 aliphatic heterocycles. The van der Waals surface area contributed by atoms with Gasteiger partial charge in [0, 0.05) is 30.9 Å². The fraction of sp³-hybridized carbons (Fsp3) is 0.385. The molecular formula is C26H34ClN7O3. The number of rotatable bonds is 10. The fourth-order valence-electron chi connectivity index (χ4n) is 4.36. The lowest BCUT2D eigenvalue weighted by Gasteiger charge is -2.23. The lowest BCUT2D eigenvalue weighted by Crippen LogP contribution is -2.50. The van der Waals surface area contributed by atoms with Crippen molar-refractivity contribution in [1.29, 1.82) is 5.41 Å². The predicted octanol–water partition coefficient (Wildman–Crippen LogP) is 2.83. The highest BCUT2D eigenvalue weighted by atomic mass is 35.5. The topological polar surface area (TPSA) is 149 Å². The maximum atomic E-state index is 12.9. The van der Waals surface area contributed by atoms with Crippen molar-refractivity contribution in [3.8, 4) is 0 Å². The van der Waals surface area contributed by atoms with Crippen LogP contribution in [0.1, 0.15) is 42.3 Å². The third kappa shape index (κ3) is 6.58. The van der Waals surface area contributed by atoms with Gasteiger partial charge < -0.3 is 25.7 Å². The first-order valence-corrected chi connectivity index (χ1v) is 12.2. The number of aromatic amines is 1. The average Bonchev–Trinajstić information content (AvgIpc) is 3.55. The molecule has 1 amide bonds. The molecule has 1 unspecified atom stereocenters. The molecule has 6 N–H and O–H groups in total. The van der Waals surface area contributed by atoms with Gasteiger partial charge in [-0.3, -0.25) is 15.5 Å². The third-order valence-electron chi connectivity index (χ3n) is 6.41. The number of aromatic nitrogens is 2. The van der Waals surface area contributed by atoms with E-state index >= 15 is 0 Å². The number of nitrogens with zero attached hydrogens (tertiary/aromatic N) is 2. The van der Waals surface area contributed by atoms with Gasteiger partial charge in [-0.15, -0.1) is 12.4 Å². The molecule has 4 rings (SSSR count). The zero-order valence-corrected chi connectivity index (χ0v) is 21.9. The summed E-state index contributed by atoms with van der Waals surface area (Å²) in [7, 11) is 0. The minimum atomic E-state index is -1.02. The van der Waals surface area contributed by atoms with Crippen molar-refractivity contribution in [2.24, 2.45) is 5.73 Å². The molecule has 1 saturated heterocycles. The fourth-order valence-corrected chi connectivity index (χ4v) is 4.36. The van der Waals surface area contributed by atoms with Crippen LogP contribution in [-0.4, -0.2) is 58.3 Å². The zero-order chi connectivity index (χ0) is 25.7. The molecule has 0 radical (unpaired) electrons. The number of nitrogens with one attached hydrogen (secondary N) is 4. The summed E-state index contributed by atoms with van der Waals surface area (Å²) in [5, 5.41) is 13.9. The molecule has 1 atom stereocenters. The van der Waals surface area contributed by atoms with E-state index in [2.05, 4.69) is 15.6 Å². The Kier molecular flexibility index (Phi) is 9.48. The quantitative estimate of drug-likeness (QED) is 0.118. The molecule has 1 aromatic heterocycles. The summed E-state index contributed by atoms with van der Waals surface area (Å²) in [6, 6.07) is 10.2. The van der Waals surface area contributed by atoms with Crippen LogP contribution in [0.5, 0.6) is 0 Å². The van der Waals surface area contributed by atoms with Crippen molar-refractivity contribution in [1.82, 2.24) is 20.2 Å². The summed E-state index contributed by atoms with van der Waals surface area (Å²) in [6.07, 6.45) is 1.91. The van der Waals surface area contributed by atoms with E-state index in [1.54, 1.807) is 24.0 Å². The van der Waals surface area contributed by atoms with Crippen LogP contribution >= 0.6 is 12.4 Å². The maximum Gasteiger partial charge on any atom is 0.332 e. The molecule has 3 aromatic rings. The number of esters is 1. The summed E-state index contributed by atoms with van der Waals surface area (Å²) < 4.78 is 5.17. The highest BCUT2D eigenvalue weighted by Crippen LogP contribution is 2.21. The largest absolute Gasteiger partial charge is 0.464 e. The second-order valence-corrected chi connectivity index (χ2v) is 8.87. The number of amides is 1. The molecule has 1 fully saturated rings. The number of anilines is 1. The minimum Gasteiger partial charge on any atom is -0.464 e. The highest BCUT2D eigenvalue weighted by molar-refractivity contribution is 6.02. The van der Waals surface area contributed by atoms with Crippen LogP contribution in [0.4, 0.5) is 5.69 Å². The van der Waals surface area contributed by atoms with Gasteiger partial charge in [-0.2, -0.15) is 0 Å². The first-order chi connectivity index (χ1) is 17.4. The Morgan fingerprint density at radius 1 is 1.16 bits per heavy atom. The number of hydrogen-bond acceptors (Lipinski definition) is 7. The molecule has 0 spiro atoms. The second-order valence-electron chi connectivity index (χ2n) is 8.87. The lowest BCUT2D eigenvalue weighted by atomic mass is 10.1. The number of likely N-dealkylation sites (tertiary alicyclic amines) is 1. The van der Waals surface area contributed by atoms with Gasteiger partial charge in [0.2, 0.25) is 0 Å². The summed E-state index contributed by atoms with van der Waals surface area (Å²) in [4.78, 5) is 35.3. The second kappa shape index (κ2) is 12.6. The summed E-state index contributed by atoms with van der Waals surface area (Å²) >= 11 is 0. The first-order valence-electron chi connectivity index (χ1n) is 12.2. The molecule has 198 valence electrons. The number of ether oxygens (including phenoxy) is 1. The van der Waals surface area contributed by atoms with Gasteiger partial charge in [0.25, 0.3) is 5.91 Å². The van der Waals surface area contributed by atoms with Crippen molar-refractivity contribution in [2.75, 3.05) is 25.0 Å². The minimum absolute atomic E-state index is 0. The Bertz CT molecular complexity index is 1250. The van der Waals surface area contributed by atoms with Crippen LogP contribution in [0.2, 0.25) is 0 Å². The van der Waals surface area contributed by atoms with E-state index in [1.807, 2.05) is 31.2 Å². The van der Waals surface area contributed by atoms with Crippen molar-refractivity contribution >= 4 is 46.8 Å². The molecule has 2 heterocycles. The van der Waals surface area contributed by atoms with E-state index in [1.165, 1.54) is 0 Å². The zero-order valence-electron chi connectivity index (χ0n) is 21.1. The van der Waals surface area contributed by atoms with Crippen molar-refractivity contribution in [3.05, 3.63) is 58.9 Å². The van der Waals surface area contributed by atoms with Crippen LogP contribution in [0.25, 0.3) is 11.0 Å². The lowest BCUT2D eigenvalue weighted by molar-refractivity contribution is -0.152.